The lowest BCUT2D eigenvalue weighted by atomic mass is 10.0. The molecule has 1 N–H and O–H groups in total. The molecule has 4 aromatic carbocycles. The van der Waals surface area contributed by atoms with Gasteiger partial charge in [-0.2, -0.15) is 0 Å². The van der Waals surface area contributed by atoms with E-state index in [1.165, 1.54) is 24.1 Å². The fraction of sp³-hybridized carbons (Fsp3) is 0.235. The number of hydrogen-bond donors (Lipinski definition) is 1. The van der Waals surface area contributed by atoms with Gasteiger partial charge < -0.3 is 10.2 Å². The molecule has 224 valence electrons. The molecule has 7 nitrogen and oxygen atoms in total. The van der Waals surface area contributed by atoms with Gasteiger partial charge in [0.05, 0.1) is 10.6 Å². The number of benzene rings is 4. The zero-order valence-electron chi connectivity index (χ0n) is 24.7. The molecule has 0 fully saturated rings. The van der Waals surface area contributed by atoms with Gasteiger partial charge in [0.25, 0.3) is 10.0 Å². The highest BCUT2D eigenvalue weighted by molar-refractivity contribution is 7.92. The van der Waals surface area contributed by atoms with E-state index in [0.29, 0.717) is 21.8 Å². The van der Waals surface area contributed by atoms with Gasteiger partial charge in [-0.3, -0.25) is 13.9 Å². The van der Waals surface area contributed by atoms with Crippen molar-refractivity contribution in [1.82, 2.24) is 10.2 Å². The van der Waals surface area contributed by atoms with Gasteiger partial charge in [-0.1, -0.05) is 90.0 Å². The standard InChI is InChI=1S/C34H36ClN3O4S/c1-24-15-18-29(19-16-24)43(41,42)38(31-20-25(2)14-17-26(31)3)23-33(39)37(22-28-12-8-9-13-30(28)35)32(34(40)36-4)21-27-10-6-5-7-11-27/h5-20,32H,21-23H2,1-4H3,(H,36,40). The fourth-order valence-electron chi connectivity index (χ4n) is 4.87. The van der Waals surface area contributed by atoms with Crippen LogP contribution < -0.4 is 9.62 Å². The Morgan fingerprint density at radius 3 is 2.12 bits per heavy atom. The zero-order chi connectivity index (χ0) is 31.1. The fourth-order valence-corrected chi connectivity index (χ4v) is 6.54. The number of carbonyl (C=O) groups excluding carboxylic acids is 2. The predicted molar refractivity (Wildman–Crippen MR) is 172 cm³/mol. The summed E-state index contributed by atoms with van der Waals surface area (Å²) in [6, 6.07) is 27.6. The number of carbonyl (C=O) groups is 2. The molecule has 2 amide bonds. The highest BCUT2D eigenvalue weighted by Gasteiger charge is 2.35. The van der Waals surface area contributed by atoms with Crippen LogP contribution in [0.15, 0.2) is 102 Å². The summed E-state index contributed by atoms with van der Waals surface area (Å²) in [4.78, 5) is 29.3. The normalized spacial score (nSPS) is 11.9. The van der Waals surface area contributed by atoms with Crippen molar-refractivity contribution in [3.05, 3.63) is 130 Å². The first-order chi connectivity index (χ1) is 20.5. The Balaban J connectivity index is 1.83. The van der Waals surface area contributed by atoms with Crippen molar-refractivity contribution in [1.29, 1.82) is 0 Å². The van der Waals surface area contributed by atoms with Crippen LogP contribution >= 0.6 is 11.6 Å². The Kier molecular flexibility index (Phi) is 10.3. The lowest BCUT2D eigenvalue weighted by Crippen LogP contribution is -2.53. The molecule has 0 aliphatic heterocycles. The molecular formula is C34H36ClN3O4S. The third kappa shape index (κ3) is 7.63. The largest absolute Gasteiger partial charge is 0.357 e. The second kappa shape index (κ2) is 13.9. The summed E-state index contributed by atoms with van der Waals surface area (Å²) in [6.07, 6.45) is 0.227. The second-order valence-electron chi connectivity index (χ2n) is 10.5. The van der Waals surface area contributed by atoms with Gasteiger partial charge in [0.15, 0.2) is 0 Å². The highest BCUT2D eigenvalue weighted by atomic mass is 35.5. The van der Waals surface area contributed by atoms with E-state index in [-0.39, 0.29) is 23.8 Å². The van der Waals surface area contributed by atoms with Gasteiger partial charge in [-0.15, -0.1) is 0 Å². The van der Waals surface area contributed by atoms with Crippen LogP contribution in [0, 0.1) is 20.8 Å². The maximum Gasteiger partial charge on any atom is 0.264 e. The van der Waals surface area contributed by atoms with Crippen LogP contribution in [0.4, 0.5) is 5.69 Å². The number of likely N-dealkylation sites (N-methyl/N-ethyl adjacent to an activating group) is 1. The first kappa shape index (κ1) is 31.8. The lowest BCUT2D eigenvalue weighted by molar-refractivity contribution is -0.139. The van der Waals surface area contributed by atoms with Crippen LogP contribution in [0.25, 0.3) is 0 Å². The third-order valence-corrected chi connectivity index (χ3v) is 9.48. The molecular weight excluding hydrogens is 582 g/mol. The molecule has 0 spiro atoms. The Bertz CT molecular complexity index is 1690. The molecule has 0 saturated carbocycles. The number of aryl methyl sites for hydroxylation is 3. The number of rotatable bonds is 11. The van der Waals surface area contributed by atoms with Crippen LogP contribution in [-0.2, 0) is 32.6 Å². The zero-order valence-corrected chi connectivity index (χ0v) is 26.3. The lowest BCUT2D eigenvalue weighted by Gasteiger charge is -2.34. The number of halogens is 1. The molecule has 0 bridgehead atoms. The van der Waals surface area contributed by atoms with Crippen molar-refractivity contribution in [3.63, 3.8) is 0 Å². The molecule has 0 heterocycles. The van der Waals surface area contributed by atoms with E-state index in [9.17, 15) is 18.0 Å². The molecule has 9 heteroatoms. The van der Waals surface area contributed by atoms with Crippen molar-refractivity contribution in [2.24, 2.45) is 0 Å². The Labute approximate surface area is 259 Å². The summed E-state index contributed by atoms with van der Waals surface area (Å²) >= 11 is 6.51. The Hall–Kier alpha value is -4.14. The molecule has 4 rings (SSSR count). The maximum absolute atomic E-state index is 14.4. The van der Waals surface area contributed by atoms with Crippen LogP contribution in [-0.4, -0.2) is 44.8 Å². The summed E-state index contributed by atoms with van der Waals surface area (Å²) in [5.41, 5.74) is 4.34. The topological polar surface area (TPSA) is 86.8 Å². The number of nitrogens with one attached hydrogen (secondary N) is 1. The number of hydrogen-bond acceptors (Lipinski definition) is 4. The van der Waals surface area contributed by atoms with Gasteiger partial charge >= 0.3 is 0 Å². The molecule has 0 aliphatic carbocycles. The van der Waals surface area contributed by atoms with Crippen molar-refractivity contribution in [3.8, 4) is 0 Å². The van der Waals surface area contributed by atoms with E-state index >= 15 is 0 Å². The van der Waals surface area contributed by atoms with Gasteiger partial charge in [0, 0.05) is 25.0 Å². The minimum Gasteiger partial charge on any atom is -0.357 e. The first-order valence-corrected chi connectivity index (χ1v) is 15.8. The SMILES string of the molecule is CNC(=O)C(Cc1ccccc1)N(Cc1ccccc1Cl)C(=O)CN(c1cc(C)ccc1C)S(=O)(=O)c1ccc(C)cc1. The van der Waals surface area contributed by atoms with Crippen molar-refractivity contribution < 1.29 is 18.0 Å². The smallest absolute Gasteiger partial charge is 0.264 e. The number of sulfonamides is 1. The number of amides is 2. The van der Waals surface area contributed by atoms with E-state index in [4.69, 9.17) is 11.6 Å². The van der Waals surface area contributed by atoms with Crippen LogP contribution in [0.1, 0.15) is 27.8 Å². The van der Waals surface area contributed by atoms with E-state index in [1.807, 2.05) is 56.3 Å². The Morgan fingerprint density at radius 2 is 1.47 bits per heavy atom. The molecule has 0 radical (unpaired) electrons. The van der Waals surface area contributed by atoms with Crippen LogP contribution in [0.5, 0.6) is 0 Å². The molecule has 0 aliphatic rings. The minimum atomic E-state index is -4.17. The van der Waals surface area contributed by atoms with Crippen molar-refractivity contribution >= 4 is 39.1 Å². The molecule has 1 atom stereocenters. The van der Waals surface area contributed by atoms with Gasteiger partial charge in [0.1, 0.15) is 12.6 Å². The summed E-state index contributed by atoms with van der Waals surface area (Å²) < 4.78 is 29.5. The van der Waals surface area contributed by atoms with Gasteiger partial charge in [-0.05, 0) is 67.3 Å². The maximum atomic E-state index is 14.4. The van der Waals surface area contributed by atoms with Crippen LogP contribution in [0.2, 0.25) is 5.02 Å². The average molecular weight is 618 g/mol. The summed E-state index contributed by atoms with van der Waals surface area (Å²) in [7, 11) is -2.65. The molecule has 43 heavy (non-hydrogen) atoms. The highest BCUT2D eigenvalue weighted by Crippen LogP contribution is 2.29. The van der Waals surface area contributed by atoms with E-state index in [2.05, 4.69) is 5.32 Å². The molecule has 4 aromatic rings. The van der Waals surface area contributed by atoms with Crippen molar-refractivity contribution in [2.75, 3.05) is 17.9 Å². The number of nitrogens with zero attached hydrogens (tertiary/aromatic N) is 2. The molecule has 1 unspecified atom stereocenters. The quantitative estimate of drug-likeness (QED) is 0.229. The third-order valence-electron chi connectivity index (χ3n) is 7.34. The van der Waals surface area contributed by atoms with E-state index in [1.54, 1.807) is 49.4 Å². The summed E-state index contributed by atoms with van der Waals surface area (Å²) in [5.74, 6) is -0.912. The van der Waals surface area contributed by atoms with Gasteiger partial charge in [0.2, 0.25) is 11.8 Å². The molecule has 0 aromatic heterocycles. The Morgan fingerprint density at radius 1 is 0.837 bits per heavy atom. The molecule has 0 saturated heterocycles. The second-order valence-corrected chi connectivity index (χ2v) is 12.8. The van der Waals surface area contributed by atoms with E-state index < -0.39 is 28.5 Å². The summed E-state index contributed by atoms with van der Waals surface area (Å²) in [5, 5.41) is 3.13. The first-order valence-electron chi connectivity index (χ1n) is 14.0. The predicted octanol–water partition coefficient (Wildman–Crippen LogP) is 5.85. The van der Waals surface area contributed by atoms with E-state index in [0.717, 1.165) is 21.0 Å². The average Bonchev–Trinajstić information content (AvgIpc) is 3.00. The van der Waals surface area contributed by atoms with Crippen LogP contribution in [0.3, 0.4) is 0 Å². The monoisotopic (exact) mass is 617 g/mol. The van der Waals surface area contributed by atoms with Gasteiger partial charge in [-0.25, -0.2) is 8.42 Å². The summed E-state index contributed by atoms with van der Waals surface area (Å²) in [6.45, 7) is 5.04. The van der Waals surface area contributed by atoms with Crippen molar-refractivity contribution in [2.45, 2.75) is 44.7 Å². The number of anilines is 1. The minimum absolute atomic E-state index is 0.00858.